The van der Waals surface area contributed by atoms with Gasteiger partial charge in [-0.1, -0.05) is 12.1 Å². The molecule has 1 aliphatic heterocycles. The molecule has 1 heterocycles. The van der Waals surface area contributed by atoms with E-state index in [1.807, 2.05) is 14.1 Å². The third kappa shape index (κ3) is 5.19. The number of anilines is 1. The van der Waals surface area contributed by atoms with Gasteiger partial charge in [-0.15, -0.1) is 0 Å². The van der Waals surface area contributed by atoms with Crippen molar-refractivity contribution in [3.8, 4) is 0 Å². The Bertz CT molecular complexity index is 510. The number of amides is 1. The molecule has 134 valence electrons. The second-order valence-corrected chi connectivity index (χ2v) is 6.89. The molecule has 2 rings (SSSR count). The van der Waals surface area contributed by atoms with E-state index in [4.69, 9.17) is 4.74 Å². The summed E-state index contributed by atoms with van der Waals surface area (Å²) in [5.74, 6) is -0.0495. The van der Waals surface area contributed by atoms with Gasteiger partial charge in [0.15, 0.2) is 0 Å². The highest BCUT2D eigenvalue weighted by Crippen LogP contribution is 2.16. The Balaban J connectivity index is 2.10. The molecule has 0 spiro atoms. The molecule has 3 N–H and O–H groups in total. The Kier molecular flexibility index (Phi) is 7.02. The lowest BCUT2D eigenvalue weighted by atomic mass is 10.0. The topological polar surface area (TPSA) is 50.4 Å². The Morgan fingerprint density at radius 1 is 1.21 bits per heavy atom. The number of methoxy groups -OCH3 is 1. The number of hydrogen-bond acceptors (Lipinski definition) is 3. The number of hydrogen-bond donors (Lipinski definition) is 3. The van der Waals surface area contributed by atoms with Crippen LogP contribution in [0, 0.1) is 0 Å². The van der Waals surface area contributed by atoms with Crippen molar-refractivity contribution in [1.82, 2.24) is 5.32 Å². The molecule has 1 saturated heterocycles. The Morgan fingerprint density at radius 3 is 2.38 bits per heavy atom. The molecule has 24 heavy (non-hydrogen) atoms. The molecule has 0 radical (unpaired) electrons. The maximum absolute atomic E-state index is 11.8. The third-order valence-electron chi connectivity index (χ3n) is 4.83. The van der Waals surface area contributed by atoms with Gasteiger partial charge in [-0.25, -0.2) is 0 Å². The average molecular weight is 336 g/mol. The van der Waals surface area contributed by atoms with E-state index >= 15 is 0 Å². The summed E-state index contributed by atoms with van der Waals surface area (Å²) in [5, 5.41) is 3.03. The molecule has 0 aromatic heterocycles. The van der Waals surface area contributed by atoms with Crippen LogP contribution in [-0.4, -0.2) is 73.5 Å². The van der Waals surface area contributed by atoms with Gasteiger partial charge in [0.25, 0.3) is 0 Å². The van der Waals surface area contributed by atoms with Crippen molar-refractivity contribution in [2.75, 3.05) is 72.5 Å². The number of quaternary nitrogens is 2. The van der Waals surface area contributed by atoms with Crippen LogP contribution in [0.5, 0.6) is 0 Å². The van der Waals surface area contributed by atoms with Crippen LogP contribution in [0.4, 0.5) is 5.69 Å². The van der Waals surface area contributed by atoms with Crippen molar-refractivity contribution in [3.05, 3.63) is 29.8 Å². The van der Waals surface area contributed by atoms with Crippen molar-refractivity contribution in [3.63, 3.8) is 0 Å². The zero-order valence-electron chi connectivity index (χ0n) is 15.4. The van der Waals surface area contributed by atoms with Crippen molar-refractivity contribution in [2.45, 2.75) is 6.04 Å². The minimum absolute atomic E-state index is 0.0495. The second kappa shape index (κ2) is 9.01. The first-order valence-electron chi connectivity index (χ1n) is 8.70. The molecule has 1 amide bonds. The first-order valence-corrected chi connectivity index (χ1v) is 8.70. The van der Waals surface area contributed by atoms with E-state index in [2.05, 4.69) is 41.5 Å². The van der Waals surface area contributed by atoms with Gasteiger partial charge in [0.05, 0.1) is 13.6 Å². The van der Waals surface area contributed by atoms with Gasteiger partial charge < -0.3 is 24.8 Å². The SMILES string of the molecule is COCC(=O)NC[C@H](c1ccc(N(C)C)cc1)[NH+]1CC[NH+](C)CC1. The van der Waals surface area contributed by atoms with Crippen molar-refractivity contribution in [1.29, 1.82) is 0 Å². The summed E-state index contributed by atoms with van der Waals surface area (Å²) in [5.41, 5.74) is 2.48. The van der Waals surface area contributed by atoms with E-state index in [-0.39, 0.29) is 18.6 Å². The fourth-order valence-electron chi connectivity index (χ4n) is 3.25. The summed E-state index contributed by atoms with van der Waals surface area (Å²) in [6.45, 7) is 5.38. The van der Waals surface area contributed by atoms with Crippen LogP contribution in [0.1, 0.15) is 11.6 Å². The van der Waals surface area contributed by atoms with Crippen LogP contribution >= 0.6 is 0 Å². The average Bonchev–Trinajstić information content (AvgIpc) is 2.57. The van der Waals surface area contributed by atoms with Crippen LogP contribution in [0.15, 0.2) is 24.3 Å². The lowest BCUT2D eigenvalue weighted by molar-refractivity contribution is -1.02. The highest BCUT2D eigenvalue weighted by atomic mass is 16.5. The maximum atomic E-state index is 11.8. The Hall–Kier alpha value is -1.63. The number of nitrogens with one attached hydrogen (secondary N) is 3. The normalized spacial score (nSPS) is 22.0. The summed E-state index contributed by atoms with van der Waals surface area (Å²) in [4.78, 5) is 17.0. The Labute approximate surface area is 145 Å². The quantitative estimate of drug-likeness (QED) is 0.538. The van der Waals surface area contributed by atoms with Crippen LogP contribution in [0.3, 0.4) is 0 Å². The lowest BCUT2D eigenvalue weighted by Crippen LogP contribution is -3.27. The van der Waals surface area contributed by atoms with E-state index in [1.165, 1.54) is 24.3 Å². The standard InChI is InChI=1S/C18H30N4O2/c1-20(2)16-7-5-15(6-8-16)17(13-19-18(23)14-24-4)22-11-9-21(3)10-12-22/h5-8,17H,9-14H2,1-4H3,(H,19,23)/p+2/t17-/m1/s1. The summed E-state index contributed by atoms with van der Waals surface area (Å²) in [6.07, 6.45) is 0. The summed E-state index contributed by atoms with van der Waals surface area (Å²) >= 11 is 0. The first-order chi connectivity index (χ1) is 11.5. The molecule has 1 aliphatic rings. The van der Waals surface area contributed by atoms with Crippen LogP contribution in [0.25, 0.3) is 0 Å². The molecule has 0 bridgehead atoms. The van der Waals surface area contributed by atoms with Gasteiger partial charge in [-0.2, -0.15) is 0 Å². The second-order valence-electron chi connectivity index (χ2n) is 6.89. The van der Waals surface area contributed by atoms with Gasteiger partial charge in [0, 0.05) is 32.5 Å². The number of piperazine rings is 1. The van der Waals surface area contributed by atoms with Gasteiger partial charge in [-0.3, -0.25) is 4.79 Å². The maximum Gasteiger partial charge on any atom is 0.246 e. The molecule has 1 atom stereocenters. The largest absolute Gasteiger partial charge is 0.378 e. The van der Waals surface area contributed by atoms with Crippen LogP contribution in [-0.2, 0) is 9.53 Å². The van der Waals surface area contributed by atoms with Gasteiger partial charge in [0.1, 0.15) is 38.8 Å². The number of likely N-dealkylation sites (N-methyl/N-ethyl adjacent to an activating group) is 1. The fourth-order valence-corrected chi connectivity index (χ4v) is 3.25. The number of rotatable bonds is 7. The number of carbonyl (C=O) groups excluding carboxylic acids is 1. The molecule has 6 heteroatoms. The summed E-state index contributed by atoms with van der Waals surface area (Å²) in [7, 11) is 7.89. The van der Waals surface area contributed by atoms with Crippen LogP contribution < -0.4 is 20.0 Å². The molecular weight excluding hydrogens is 304 g/mol. The van der Waals surface area contributed by atoms with Gasteiger partial charge >= 0.3 is 0 Å². The van der Waals surface area contributed by atoms with Crippen LogP contribution in [0.2, 0.25) is 0 Å². The molecular formula is C18H32N4O2+2. The number of ether oxygens (including phenoxy) is 1. The molecule has 6 nitrogen and oxygen atoms in total. The van der Waals surface area contributed by atoms with Gasteiger partial charge in [-0.05, 0) is 12.1 Å². The zero-order chi connectivity index (χ0) is 17.5. The fraction of sp³-hybridized carbons (Fsp3) is 0.611. The molecule has 0 unspecified atom stereocenters. The molecule has 1 fully saturated rings. The highest BCUT2D eigenvalue weighted by Gasteiger charge is 2.29. The predicted molar refractivity (Wildman–Crippen MR) is 95.7 cm³/mol. The number of carbonyl (C=O) groups is 1. The smallest absolute Gasteiger partial charge is 0.246 e. The molecule has 1 aromatic rings. The minimum atomic E-state index is -0.0495. The van der Waals surface area contributed by atoms with E-state index in [0.29, 0.717) is 6.54 Å². The lowest BCUT2D eigenvalue weighted by Gasteiger charge is -2.33. The zero-order valence-corrected chi connectivity index (χ0v) is 15.4. The van der Waals surface area contributed by atoms with Crippen molar-refractivity contribution in [2.24, 2.45) is 0 Å². The monoisotopic (exact) mass is 336 g/mol. The minimum Gasteiger partial charge on any atom is -0.378 e. The summed E-state index contributed by atoms with van der Waals surface area (Å²) in [6, 6.07) is 8.98. The van der Waals surface area contributed by atoms with E-state index in [9.17, 15) is 4.79 Å². The third-order valence-corrected chi connectivity index (χ3v) is 4.83. The highest BCUT2D eigenvalue weighted by molar-refractivity contribution is 5.77. The Morgan fingerprint density at radius 2 is 1.83 bits per heavy atom. The van der Waals surface area contributed by atoms with Gasteiger partial charge in [0.2, 0.25) is 5.91 Å². The van der Waals surface area contributed by atoms with Crippen molar-refractivity contribution >= 4 is 11.6 Å². The summed E-state index contributed by atoms with van der Waals surface area (Å²) < 4.78 is 4.92. The van der Waals surface area contributed by atoms with E-state index < -0.39 is 0 Å². The molecule has 0 aliphatic carbocycles. The van der Waals surface area contributed by atoms with E-state index in [0.717, 1.165) is 13.1 Å². The predicted octanol–water partition coefficient (Wildman–Crippen LogP) is -2.03. The first kappa shape index (κ1) is 18.7. The number of benzene rings is 1. The van der Waals surface area contributed by atoms with E-state index in [1.54, 1.807) is 16.9 Å². The molecule has 0 saturated carbocycles. The van der Waals surface area contributed by atoms with Crippen molar-refractivity contribution < 1.29 is 19.3 Å². The molecule has 1 aromatic carbocycles. The number of nitrogens with zero attached hydrogens (tertiary/aromatic N) is 1.